The van der Waals surface area contributed by atoms with Crippen LogP contribution >= 0.6 is 11.3 Å². The van der Waals surface area contributed by atoms with E-state index in [1.165, 1.54) is 4.88 Å². The van der Waals surface area contributed by atoms with Crippen LogP contribution in [0.1, 0.15) is 29.0 Å². The molecule has 0 saturated carbocycles. The number of oxime groups is 1. The normalized spacial score (nSPS) is 13.4. The second kappa shape index (κ2) is 6.36. The number of rotatable bonds is 5. The predicted octanol–water partition coefficient (Wildman–Crippen LogP) is 2.69. The van der Waals surface area contributed by atoms with Crippen LogP contribution in [0.25, 0.3) is 0 Å². The predicted molar refractivity (Wildman–Crippen MR) is 78.5 cm³/mol. The lowest BCUT2D eigenvalue weighted by Crippen LogP contribution is -2.18. The molecule has 0 spiro atoms. The lowest BCUT2D eigenvalue weighted by atomic mass is 10.1. The lowest BCUT2D eigenvalue weighted by molar-refractivity contribution is 0.318. The topological polar surface area (TPSA) is 70.6 Å². The number of nitrogens with zero attached hydrogens (tertiary/aromatic N) is 1. The van der Waals surface area contributed by atoms with Crippen molar-refractivity contribution in [3.8, 4) is 0 Å². The third kappa shape index (κ3) is 3.56. The van der Waals surface area contributed by atoms with Crippen molar-refractivity contribution in [3.63, 3.8) is 0 Å². The number of nitrogens with one attached hydrogen (secondary N) is 1. The van der Waals surface area contributed by atoms with Gasteiger partial charge < -0.3 is 16.3 Å². The summed E-state index contributed by atoms with van der Waals surface area (Å²) in [6.07, 6.45) is 0. The van der Waals surface area contributed by atoms with Crippen LogP contribution in [0.2, 0.25) is 0 Å². The molecule has 1 atom stereocenters. The van der Waals surface area contributed by atoms with Crippen LogP contribution in [0, 0.1) is 0 Å². The van der Waals surface area contributed by atoms with E-state index in [1.807, 2.05) is 24.3 Å². The van der Waals surface area contributed by atoms with Crippen LogP contribution in [0.5, 0.6) is 0 Å². The Morgan fingerprint density at radius 3 is 2.95 bits per heavy atom. The van der Waals surface area contributed by atoms with Crippen molar-refractivity contribution in [1.29, 1.82) is 0 Å². The molecule has 0 bridgehead atoms. The Kier molecular flexibility index (Phi) is 4.54. The number of hydrogen-bond donors (Lipinski definition) is 3. The lowest BCUT2D eigenvalue weighted by Gasteiger charge is -2.12. The van der Waals surface area contributed by atoms with E-state index < -0.39 is 0 Å². The number of amidine groups is 1. The first-order chi connectivity index (χ1) is 9.20. The Balaban J connectivity index is 2.00. The quantitative estimate of drug-likeness (QED) is 0.340. The zero-order chi connectivity index (χ0) is 13.7. The Morgan fingerprint density at radius 1 is 1.42 bits per heavy atom. The molecular formula is C14H17N3OS. The Labute approximate surface area is 116 Å². The van der Waals surface area contributed by atoms with Gasteiger partial charge in [0.05, 0.1) is 0 Å². The molecular weight excluding hydrogens is 258 g/mol. The highest BCUT2D eigenvalue weighted by atomic mass is 32.1. The van der Waals surface area contributed by atoms with Crippen LogP contribution in [-0.2, 0) is 6.54 Å². The van der Waals surface area contributed by atoms with Crippen molar-refractivity contribution in [1.82, 2.24) is 5.32 Å². The van der Waals surface area contributed by atoms with Gasteiger partial charge in [-0.05, 0) is 30.0 Å². The number of nitrogens with two attached hydrogens (primary N) is 1. The summed E-state index contributed by atoms with van der Waals surface area (Å²) in [6, 6.07) is 12.1. The summed E-state index contributed by atoms with van der Waals surface area (Å²) >= 11 is 1.74. The summed E-state index contributed by atoms with van der Waals surface area (Å²) in [7, 11) is 0. The third-order valence-electron chi connectivity index (χ3n) is 2.91. The molecule has 1 unspecified atom stereocenters. The highest BCUT2D eigenvalue weighted by Crippen LogP contribution is 2.18. The fourth-order valence-corrected chi connectivity index (χ4v) is 2.57. The SMILES string of the molecule is CC(NCc1cccc(C(N)=NO)c1)c1cccs1. The van der Waals surface area contributed by atoms with Crippen LogP contribution in [-0.4, -0.2) is 11.0 Å². The fourth-order valence-electron chi connectivity index (χ4n) is 1.81. The third-order valence-corrected chi connectivity index (χ3v) is 3.97. The van der Waals surface area contributed by atoms with Crippen molar-refractivity contribution in [2.45, 2.75) is 19.5 Å². The average Bonchev–Trinajstić information content (AvgIpc) is 2.98. The summed E-state index contributed by atoms with van der Waals surface area (Å²) in [5, 5.41) is 17.2. The van der Waals surface area contributed by atoms with Gasteiger partial charge in [0.25, 0.3) is 0 Å². The summed E-state index contributed by atoms with van der Waals surface area (Å²) < 4.78 is 0. The summed E-state index contributed by atoms with van der Waals surface area (Å²) in [5.74, 6) is 0.133. The maximum atomic E-state index is 8.67. The van der Waals surface area contributed by atoms with Crippen LogP contribution in [0.15, 0.2) is 46.9 Å². The van der Waals surface area contributed by atoms with E-state index in [0.29, 0.717) is 6.04 Å². The zero-order valence-corrected chi connectivity index (χ0v) is 11.5. The van der Waals surface area contributed by atoms with Gasteiger partial charge in [-0.3, -0.25) is 0 Å². The van der Waals surface area contributed by atoms with Gasteiger partial charge >= 0.3 is 0 Å². The summed E-state index contributed by atoms with van der Waals surface area (Å²) in [5.41, 5.74) is 7.41. The summed E-state index contributed by atoms with van der Waals surface area (Å²) in [6.45, 7) is 2.88. The van der Waals surface area contributed by atoms with E-state index >= 15 is 0 Å². The monoisotopic (exact) mass is 275 g/mol. The van der Waals surface area contributed by atoms with Crippen LogP contribution < -0.4 is 11.1 Å². The van der Waals surface area contributed by atoms with Gasteiger partial charge in [-0.2, -0.15) is 0 Å². The molecule has 0 aliphatic heterocycles. The van der Waals surface area contributed by atoms with E-state index in [0.717, 1.165) is 17.7 Å². The molecule has 2 aromatic rings. The molecule has 2 rings (SSSR count). The van der Waals surface area contributed by atoms with E-state index in [4.69, 9.17) is 10.9 Å². The van der Waals surface area contributed by atoms with Gasteiger partial charge in [0.2, 0.25) is 0 Å². The molecule has 0 aliphatic carbocycles. The van der Waals surface area contributed by atoms with Gasteiger partial charge in [0.15, 0.2) is 5.84 Å². The number of hydrogen-bond acceptors (Lipinski definition) is 4. The molecule has 5 heteroatoms. The van der Waals surface area contributed by atoms with Gasteiger partial charge in [0.1, 0.15) is 0 Å². The largest absolute Gasteiger partial charge is 0.409 e. The smallest absolute Gasteiger partial charge is 0.170 e. The Morgan fingerprint density at radius 2 is 2.26 bits per heavy atom. The van der Waals surface area contributed by atoms with E-state index in [1.54, 1.807) is 11.3 Å². The standard InChI is InChI=1S/C14H17N3OS/c1-10(13-6-3-7-19-13)16-9-11-4-2-5-12(8-11)14(15)17-18/h2-8,10,16,18H,9H2,1H3,(H2,15,17). The molecule has 1 heterocycles. The Bertz CT molecular complexity index is 552. The zero-order valence-electron chi connectivity index (χ0n) is 10.7. The molecule has 1 aromatic heterocycles. The number of benzene rings is 1. The number of thiophene rings is 1. The second-order valence-corrected chi connectivity index (χ2v) is 5.28. The van der Waals surface area contributed by atoms with Gasteiger partial charge in [-0.15, -0.1) is 11.3 Å². The first kappa shape index (κ1) is 13.6. The van der Waals surface area contributed by atoms with E-state index in [-0.39, 0.29) is 5.84 Å². The van der Waals surface area contributed by atoms with Crippen LogP contribution in [0.4, 0.5) is 0 Å². The molecule has 100 valence electrons. The molecule has 0 amide bonds. The van der Waals surface area contributed by atoms with Gasteiger partial charge in [0, 0.05) is 23.0 Å². The highest BCUT2D eigenvalue weighted by molar-refractivity contribution is 7.10. The highest BCUT2D eigenvalue weighted by Gasteiger charge is 2.06. The van der Waals surface area contributed by atoms with Crippen molar-refractivity contribution >= 4 is 17.2 Å². The van der Waals surface area contributed by atoms with Crippen molar-refractivity contribution in [3.05, 3.63) is 57.8 Å². The molecule has 0 aliphatic rings. The minimum absolute atomic E-state index is 0.133. The second-order valence-electron chi connectivity index (χ2n) is 4.30. The van der Waals surface area contributed by atoms with Gasteiger partial charge in [-0.25, -0.2) is 0 Å². The van der Waals surface area contributed by atoms with Crippen LogP contribution in [0.3, 0.4) is 0 Å². The molecule has 19 heavy (non-hydrogen) atoms. The first-order valence-electron chi connectivity index (χ1n) is 6.04. The summed E-state index contributed by atoms with van der Waals surface area (Å²) in [4.78, 5) is 1.31. The maximum absolute atomic E-state index is 8.67. The molecule has 1 aromatic carbocycles. The molecule has 0 radical (unpaired) electrons. The molecule has 0 saturated heterocycles. The van der Waals surface area contributed by atoms with Crippen molar-refractivity contribution < 1.29 is 5.21 Å². The molecule has 0 fully saturated rings. The van der Waals surface area contributed by atoms with Crippen molar-refractivity contribution in [2.24, 2.45) is 10.9 Å². The van der Waals surface area contributed by atoms with Gasteiger partial charge in [-0.1, -0.05) is 29.4 Å². The maximum Gasteiger partial charge on any atom is 0.170 e. The van der Waals surface area contributed by atoms with E-state index in [2.05, 4.69) is 34.9 Å². The van der Waals surface area contributed by atoms with Crippen molar-refractivity contribution in [2.75, 3.05) is 0 Å². The molecule has 4 nitrogen and oxygen atoms in total. The minimum Gasteiger partial charge on any atom is -0.409 e. The average molecular weight is 275 g/mol. The first-order valence-corrected chi connectivity index (χ1v) is 6.92. The van der Waals surface area contributed by atoms with E-state index in [9.17, 15) is 0 Å². The minimum atomic E-state index is 0.133. The Hall–Kier alpha value is -1.85. The molecule has 4 N–H and O–H groups in total. The fraction of sp³-hybridized carbons (Fsp3) is 0.214.